The highest BCUT2D eigenvalue weighted by molar-refractivity contribution is 5.84. The molecule has 0 spiro atoms. The van der Waals surface area contributed by atoms with E-state index in [1.54, 1.807) is 6.20 Å². The lowest BCUT2D eigenvalue weighted by molar-refractivity contribution is -0.141. The van der Waals surface area contributed by atoms with E-state index in [4.69, 9.17) is 5.11 Å². The van der Waals surface area contributed by atoms with Crippen LogP contribution in [0.1, 0.15) is 18.2 Å². The summed E-state index contributed by atoms with van der Waals surface area (Å²) in [4.78, 5) is 26.6. The van der Waals surface area contributed by atoms with Crippen LogP contribution in [0, 0.1) is 6.92 Å². The van der Waals surface area contributed by atoms with Gasteiger partial charge in [-0.3, -0.25) is 9.59 Å². The number of nitrogens with zero attached hydrogens (tertiary/aromatic N) is 2. The first kappa shape index (κ1) is 13.1. The van der Waals surface area contributed by atoms with Crippen molar-refractivity contribution in [3.8, 4) is 0 Å². The molecule has 0 bridgehead atoms. The molecule has 2 aromatic rings. The van der Waals surface area contributed by atoms with Crippen LogP contribution in [0.5, 0.6) is 0 Å². The van der Waals surface area contributed by atoms with Crippen molar-refractivity contribution in [2.45, 2.75) is 26.3 Å². The van der Waals surface area contributed by atoms with Gasteiger partial charge in [0.25, 0.3) is 0 Å². The average molecular weight is 261 g/mol. The Morgan fingerprint density at radius 2 is 2.26 bits per heavy atom. The molecule has 1 unspecified atom stereocenters. The van der Waals surface area contributed by atoms with E-state index in [2.05, 4.69) is 10.3 Å². The molecule has 2 heterocycles. The molecule has 0 aliphatic rings. The van der Waals surface area contributed by atoms with Gasteiger partial charge in [-0.15, -0.1) is 0 Å². The van der Waals surface area contributed by atoms with Gasteiger partial charge >= 0.3 is 5.97 Å². The molecule has 0 saturated heterocycles. The quantitative estimate of drug-likeness (QED) is 0.851. The third-order valence-electron chi connectivity index (χ3n) is 2.76. The van der Waals surface area contributed by atoms with Crippen molar-refractivity contribution in [3.05, 3.63) is 35.8 Å². The number of rotatable bonds is 4. The predicted molar refractivity (Wildman–Crippen MR) is 68.9 cm³/mol. The minimum atomic E-state index is -1.06. The maximum atomic E-state index is 11.6. The molecule has 0 aliphatic carbocycles. The summed E-state index contributed by atoms with van der Waals surface area (Å²) >= 11 is 0. The summed E-state index contributed by atoms with van der Waals surface area (Å²) in [7, 11) is 0. The first-order valence-corrected chi connectivity index (χ1v) is 5.92. The van der Waals surface area contributed by atoms with Crippen molar-refractivity contribution < 1.29 is 14.7 Å². The summed E-state index contributed by atoms with van der Waals surface area (Å²) < 4.78 is 1.83. The number of carbonyl (C=O) groups is 2. The number of hydrogen-bond donors (Lipinski definition) is 2. The third-order valence-corrected chi connectivity index (χ3v) is 2.76. The molecular formula is C13H15N3O3. The Hall–Kier alpha value is -2.37. The fraction of sp³-hybridized carbons (Fsp3) is 0.308. The Balaban J connectivity index is 2.09. The number of nitrogens with one attached hydrogen (secondary N) is 1. The number of pyridine rings is 1. The normalized spacial score (nSPS) is 12.3. The minimum absolute atomic E-state index is 0.0678. The first-order valence-electron chi connectivity index (χ1n) is 5.92. The van der Waals surface area contributed by atoms with Gasteiger partial charge in [0.15, 0.2) is 0 Å². The van der Waals surface area contributed by atoms with Crippen LogP contribution in [0.2, 0.25) is 0 Å². The van der Waals surface area contributed by atoms with E-state index in [9.17, 15) is 9.59 Å². The Morgan fingerprint density at radius 1 is 1.53 bits per heavy atom. The van der Waals surface area contributed by atoms with E-state index in [-0.39, 0.29) is 12.3 Å². The number of imidazole rings is 1. The summed E-state index contributed by atoms with van der Waals surface area (Å²) in [6, 6.07) is 2.97. The van der Waals surface area contributed by atoms with E-state index in [1.807, 2.05) is 29.7 Å². The molecular weight excluding hydrogens is 246 g/mol. The molecule has 19 heavy (non-hydrogen) atoms. The molecule has 2 rings (SSSR count). The Labute approximate surface area is 110 Å². The van der Waals surface area contributed by atoms with Crippen molar-refractivity contribution in [3.63, 3.8) is 0 Å². The monoisotopic (exact) mass is 261 g/mol. The predicted octanol–water partition coefficient (Wildman–Crippen LogP) is 0.775. The highest BCUT2D eigenvalue weighted by Crippen LogP contribution is 2.08. The fourth-order valence-corrected chi connectivity index (χ4v) is 1.74. The van der Waals surface area contributed by atoms with Crippen LogP contribution in [0.4, 0.5) is 0 Å². The lowest BCUT2D eigenvalue weighted by Gasteiger charge is -2.07. The Bertz CT molecular complexity index is 633. The van der Waals surface area contributed by atoms with Gasteiger partial charge in [-0.05, 0) is 31.5 Å². The SMILES string of the molecule is Cc1ccn2cc(CC(=O)NC(C)C(=O)O)nc2c1. The summed E-state index contributed by atoms with van der Waals surface area (Å²) in [6.45, 7) is 3.39. The maximum Gasteiger partial charge on any atom is 0.325 e. The van der Waals surface area contributed by atoms with Crippen LogP contribution in [-0.4, -0.2) is 32.4 Å². The van der Waals surface area contributed by atoms with E-state index < -0.39 is 12.0 Å². The highest BCUT2D eigenvalue weighted by Gasteiger charge is 2.15. The lowest BCUT2D eigenvalue weighted by Crippen LogP contribution is -2.39. The summed E-state index contributed by atoms with van der Waals surface area (Å²) in [5, 5.41) is 11.1. The number of aryl methyl sites for hydroxylation is 1. The highest BCUT2D eigenvalue weighted by atomic mass is 16.4. The zero-order chi connectivity index (χ0) is 14.0. The summed E-state index contributed by atoms with van der Waals surface area (Å²) in [6.07, 6.45) is 3.71. The van der Waals surface area contributed by atoms with Crippen molar-refractivity contribution in [1.29, 1.82) is 0 Å². The van der Waals surface area contributed by atoms with Gasteiger partial charge in [-0.2, -0.15) is 0 Å². The second-order valence-corrected chi connectivity index (χ2v) is 4.51. The van der Waals surface area contributed by atoms with Crippen LogP contribution in [0.15, 0.2) is 24.5 Å². The van der Waals surface area contributed by atoms with E-state index >= 15 is 0 Å². The fourth-order valence-electron chi connectivity index (χ4n) is 1.74. The number of fused-ring (bicyclic) bond motifs is 1. The zero-order valence-corrected chi connectivity index (χ0v) is 10.8. The van der Waals surface area contributed by atoms with Crippen molar-refractivity contribution in [2.75, 3.05) is 0 Å². The molecule has 6 heteroatoms. The number of carboxylic acid groups (broad SMARTS) is 1. The molecule has 100 valence electrons. The number of aromatic nitrogens is 2. The van der Waals surface area contributed by atoms with Gasteiger partial charge in [-0.25, -0.2) is 4.98 Å². The largest absolute Gasteiger partial charge is 0.480 e. The third kappa shape index (κ3) is 3.09. The van der Waals surface area contributed by atoms with Crippen molar-refractivity contribution in [2.24, 2.45) is 0 Å². The summed E-state index contributed by atoms with van der Waals surface area (Å²) in [5.74, 6) is -1.41. The van der Waals surface area contributed by atoms with Crippen LogP contribution in [0.25, 0.3) is 5.65 Å². The Kier molecular flexibility index (Phi) is 3.50. The number of hydrogen-bond acceptors (Lipinski definition) is 3. The number of aliphatic carboxylic acids is 1. The summed E-state index contributed by atoms with van der Waals surface area (Å²) in [5.41, 5.74) is 2.48. The van der Waals surface area contributed by atoms with E-state index in [1.165, 1.54) is 6.92 Å². The number of carboxylic acids is 1. The van der Waals surface area contributed by atoms with Crippen molar-refractivity contribution in [1.82, 2.24) is 14.7 Å². The van der Waals surface area contributed by atoms with Crippen LogP contribution in [0.3, 0.4) is 0 Å². The molecule has 0 radical (unpaired) electrons. The molecule has 0 saturated carbocycles. The van der Waals surface area contributed by atoms with Gasteiger partial charge in [0.1, 0.15) is 11.7 Å². The maximum absolute atomic E-state index is 11.6. The van der Waals surface area contributed by atoms with Gasteiger partial charge < -0.3 is 14.8 Å². The molecule has 0 aromatic carbocycles. The topological polar surface area (TPSA) is 83.7 Å². The lowest BCUT2D eigenvalue weighted by atomic mass is 10.3. The second kappa shape index (κ2) is 5.09. The minimum Gasteiger partial charge on any atom is -0.480 e. The van der Waals surface area contributed by atoms with Gasteiger partial charge in [-0.1, -0.05) is 0 Å². The average Bonchev–Trinajstić information content (AvgIpc) is 2.69. The molecule has 6 nitrogen and oxygen atoms in total. The number of amides is 1. The van der Waals surface area contributed by atoms with E-state index in [0.29, 0.717) is 5.69 Å². The van der Waals surface area contributed by atoms with Crippen LogP contribution >= 0.6 is 0 Å². The standard InChI is InChI=1S/C13H15N3O3/c1-8-3-4-16-7-10(15-11(16)5-8)6-12(17)14-9(2)13(18)19/h3-5,7,9H,6H2,1-2H3,(H,14,17)(H,18,19). The Morgan fingerprint density at radius 3 is 2.95 bits per heavy atom. The van der Waals surface area contributed by atoms with E-state index in [0.717, 1.165) is 11.2 Å². The molecule has 1 atom stereocenters. The van der Waals surface area contributed by atoms with Crippen LogP contribution < -0.4 is 5.32 Å². The van der Waals surface area contributed by atoms with Gasteiger partial charge in [0, 0.05) is 12.4 Å². The molecule has 2 N–H and O–H groups in total. The van der Waals surface area contributed by atoms with Crippen molar-refractivity contribution >= 4 is 17.5 Å². The molecule has 2 aromatic heterocycles. The second-order valence-electron chi connectivity index (χ2n) is 4.51. The molecule has 1 amide bonds. The van der Waals surface area contributed by atoms with Gasteiger partial charge in [0.2, 0.25) is 5.91 Å². The first-order chi connectivity index (χ1) is 8.95. The smallest absolute Gasteiger partial charge is 0.325 e. The molecule has 0 fully saturated rings. The van der Waals surface area contributed by atoms with Crippen LogP contribution in [-0.2, 0) is 16.0 Å². The number of carbonyl (C=O) groups excluding carboxylic acids is 1. The zero-order valence-electron chi connectivity index (χ0n) is 10.8. The van der Waals surface area contributed by atoms with Gasteiger partial charge in [0.05, 0.1) is 12.1 Å². The molecule has 0 aliphatic heterocycles.